The molecular formula is C27H39N5O5. The Morgan fingerprint density at radius 2 is 1.86 bits per heavy atom. The van der Waals surface area contributed by atoms with E-state index in [2.05, 4.69) is 15.6 Å². The van der Waals surface area contributed by atoms with E-state index < -0.39 is 42.0 Å². The molecule has 1 fully saturated rings. The number of carbonyl (C=O) groups excluding carboxylic acids is 3. The van der Waals surface area contributed by atoms with Gasteiger partial charge in [0.1, 0.15) is 18.1 Å². The van der Waals surface area contributed by atoms with E-state index in [1.54, 1.807) is 6.92 Å². The number of fused-ring (bicyclic) bond motifs is 1. The Hall–Kier alpha value is -3.40. The van der Waals surface area contributed by atoms with Crippen LogP contribution in [-0.2, 0) is 25.6 Å². The van der Waals surface area contributed by atoms with Gasteiger partial charge in [-0.25, -0.2) is 4.79 Å². The number of aliphatic carboxylic acids is 1. The second-order valence-corrected chi connectivity index (χ2v) is 10.3. The first-order chi connectivity index (χ1) is 17.5. The van der Waals surface area contributed by atoms with Crippen LogP contribution in [0.3, 0.4) is 0 Å². The fraction of sp³-hybridized carbons (Fsp3) is 0.556. The summed E-state index contributed by atoms with van der Waals surface area (Å²) in [5, 5.41) is 16.0. The lowest BCUT2D eigenvalue weighted by atomic mass is 9.98. The maximum atomic E-state index is 13.8. The molecule has 10 nitrogen and oxygen atoms in total. The number of nitrogens with zero attached hydrogens (tertiary/aromatic N) is 1. The van der Waals surface area contributed by atoms with Crippen LogP contribution in [0.4, 0.5) is 0 Å². The maximum absolute atomic E-state index is 13.8. The summed E-state index contributed by atoms with van der Waals surface area (Å²) in [5.41, 5.74) is 7.83. The number of aromatic amines is 1. The van der Waals surface area contributed by atoms with Crippen molar-refractivity contribution in [3.63, 3.8) is 0 Å². The zero-order valence-corrected chi connectivity index (χ0v) is 22.0. The van der Waals surface area contributed by atoms with Gasteiger partial charge < -0.3 is 31.4 Å². The summed E-state index contributed by atoms with van der Waals surface area (Å²) >= 11 is 0. The van der Waals surface area contributed by atoms with Crippen molar-refractivity contribution in [2.75, 3.05) is 6.54 Å². The first-order valence-electron chi connectivity index (χ1n) is 13.0. The molecule has 3 rings (SSSR count). The van der Waals surface area contributed by atoms with E-state index in [9.17, 15) is 24.3 Å². The van der Waals surface area contributed by atoms with Crippen molar-refractivity contribution in [1.29, 1.82) is 0 Å². The van der Waals surface area contributed by atoms with Crippen molar-refractivity contribution in [1.82, 2.24) is 20.5 Å². The Kier molecular flexibility index (Phi) is 9.31. The molecule has 37 heavy (non-hydrogen) atoms. The number of para-hydroxylation sites is 1. The van der Waals surface area contributed by atoms with Crippen molar-refractivity contribution >= 4 is 34.6 Å². The number of carboxylic acid groups (broad SMARTS) is 1. The van der Waals surface area contributed by atoms with Crippen molar-refractivity contribution in [3.8, 4) is 0 Å². The second kappa shape index (κ2) is 12.2. The predicted molar refractivity (Wildman–Crippen MR) is 141 cm³/mol. The van der Waals surface area contributed by atoms with Gasteiger partial charge >= 0.3 is 5.97 Å². The van der Waals surface area contributed by atoms with Crippen molar-refractivity contribution < 1.29 is 24.3 Å². The summed E-state index contributed by atoms with van der Waals surface area (Å²) in [6.45, 7) is 7.63. The van der Waals surface area contributed by atoms with E-state index in [0.717, 1.165) is 16.5 Å². The number of hydrogen-bond acceptors (Lipinski definition) is 5. The molecule has 6 N–H and O–H groups in total. The van der Waals surface area contributed by atoms with Crippen LogP contribution in [0.25, 0.3) is 10.9 Å². The van der Waals surface area contributed by atoms with E-state index >= 15 is 0 Å². The number of likely N-dealkylation sites (tertiary alicyclic amines) is 1. The summed E-state index contributed by atoms with van der Waals surface area (Å²) in [6.07, 6.45) is 3.64. The number of nitrogens with two attached hydrogens (primary N) is 1. The lowest BCUT2D eigenvalue weighted by Gasteiger charge is -2.31. The molecule has 202 valence electrons. The minimum atomic E-state index is -1.11. The van der Waals surface area contributed by atoms with E-state index in [0.29, 0.717) is 25.8 Å². The smallest absolute Gasteiger partial charge is 0.326 e. The fourth-order valence-corrected chi connectivity index (χ4v) is 4.73. The first kappa shape index (κ1) is 28.2. The molecule has 0 saturated carbocycles. The Balaban J connectivity index is 1.85. The molecule has 1 aliphatic heterocycles. The number of carbonyl (C=O) groups is 4. The average Bonchev–Trinajstić information content (AvgIpc) is 3.52. The van der Waals surface area contributed by atoms with Crippen LogP contribution >= 0.6 is 0 Å². The normalized spacial score (nSPS) is 18.9. The van der Waals surface area contributed by atoms with E-state index in [4.69, 9.17) is 5.73 Å². The first-order valence-corrected chi connectivity index (χ1v) is 13.0. The third-order valence-electron chi connectivity index (χ3n) is 7.35. The molecule has 1 aliphatic rings. The lowest BCUT2D eigenvalue weighted by Crippen LogP contribution is -2.58. The summed E-state index contributed by atoms with van der Waals surface area (Å²) in [7, 11) is 0. The topological polar surface area (TPSA) is 158 Å². The molecule has 0 aliphatic carbocycles. The van der Waals surface area contributed by atoms with Gasteiger partial charge in [-0.05, 0) is 36.3 Å². The van der Waals surface area contributed by atoms with Gasteiger partial charge in [0.2, 0.25) is 17.7 Å². The summed E-state index contributed by atoms with van der Waals surface area (Å²) in [4.78, 5) is 56.3. The molecular weight excluding hydrogens is 474 g/mol. The largest absolute Gasteiger partial charge is 0.480 e. The number of nitrogens with one attached hydrogen (secondary N) is 3. The molecule has 1 saturated heterocycles. The molecule has 0 spiro atoms. The van der Waals surface area contributed by atoms with Gasteiger partial charge in [0.05, 0.1) is 6.04 Å². The second-order valence-electron chi connectivity index (χ2n) is 10.3. The van der Waals surface area contributed by atoms with Crippen LogP contribution in [-0.4, -0.2) is 69.4 Å². The Labute approximate surface area is 217 Å². The van der Waals surface area contributed by atoms with Gasteiger partial charge in [-0.15, -0.1) is 0 Å². The van der Waals surface area contributed by atoms with Gasteiger partial charge in [-0.1, -0.05) is 52.3 Å². The number of amides is 3. The Bertz CT molecular complexity index is 1130. The number of carboxylic acids is 1. The van der Waals surface area contributed by atoms with E-state index in [1.807, 2.05) is 51.2 Å². The predicted octanol–water partition coefficient (Wildman–Crippen LogP) is 1.79. The molecule has 2 aromatic rings. The van der Waals surface area contributed by atoms with Gasteiger partial charge in [0.25, 0.3) is 0 Å². The quantitative estimate of drug-likeness (QED) is 0.308. The molecule has 1 aromatic carbocycles. The van der Waals surface area contributed by atoms with Crippen LogP contribution in [0.15, 0.2) is 30.5 Å². The van der Waals surface area contributed by atoms with Crippen LogP contribution in [0.2, 0.25) is 0 Å². The van der Waals surface area contributed by atoms with Crippen LogP contribution < -0.4 is 16.4 Å². The monoisotopic (exact) mass is 513 g/mol. The number of rotatable bonds is 11. The van der Waals surface area contributed by atoms with Crippen LogP contribution in [0.1, 0.15) is 52.5 Å². The highest BCUT2D eigenvalue weighted by Crippen LogP contribution is 2.23. The van der Waals surface area contributed by atoms with E-state index in [1.165, 1.54) is 4.90 Å². The van der Waals surface area contributed by atoms with Gasteiger partial charge in [0, 0.05) is 30.1 Å². The zero-order chi connectivity index (χ0) is 27.3. The van der Waals surface area contributed by atoms with Crippen molar-refractivity contribution in [3.05, 3.63) is 36.0 Å². The number of H-pyrrole nitrogens is 1. The highest BCUT2D eigenvalue weighted by molar-refractivity contribution is 5.95. The number of aromatic nitrogens is 1. The Morgan fingerprint density at radius 3 is 2.51 bits per heavy atom. The minimum Gasteiger partial charge on any atom is -0.480 e. The third-order valence-corrected chi connectivity index (χ3v) is 7.35. The average molecular weight is 514 g/mol. The standard InChI is InChI=1S/C27H39N5O5/c1-5-16(4)23(27(36)37)31-24(33)21-11-8-12-32(21)26(35)20(30-25(34)22(28)15(2)3)13-17-14-29-19-10-7-6-9-18(17)19/h6-7,9-10,14-16,20-23,29H,5,8,11-13,28H2,1-4H3,(H,30,34)(H,31,33)(H,36,37). The maximum Gasteiger partial charge on any atom is 0.326 e. The molecule has 5 atom stereocenters. The molecule has 2 heterocycles. The molecule has 3 amide bonds. The third kappa shape index (κ3) is 6.49. The van der Waals surface area contributed by atoms with Crippen LogP contribution in [0, 0.1) is 11.8 Å². The number of benzene rings is 1. The minimum absolute atomic E-state index is 0.123. The summed E-state index contributed by atoms with van der Waals surface area (Å²) < 4.78 is 0. The highest BCUT2D eigenvalue weighted by atomic mass is 16.4. The Morgan fingerprint density at radius 1 is 1.16 bits per heavy atom. The lowest BCUT2D eigenvalue weighted by molar-refractivity contribution is -0.146. The summed E-state index contributed by atoms with van der Waals surface area (Å²) in [5.74, 6) is -2.81. The molecule has 5 unspecified atom stereocenters. The SMILES string of the molecule is CCC(C)C(NC(=O)C1CCCN1C(=O)C(Cc1c[nH]c2ccccc12)NC(=O)C(N)C(C)C)C(=O)O. The van der Waals surface area contributed by atoms with Crippen molar-refractivity contribution in [2.24, 2.45) is 17.6 Å². The molecule has 1 aromatic heterocycles. The fourth-order valence-electron chi connectivity index (χ4n) is 4.73. The highest BCUT2D eigenvalue weighted by Gasteiger charge is 2.40. The van der Waals surface area contributed by atoms with Gasteiger partial charge in [0.15, 0.2) is 0 Å². The molecule has 10 heteroatoms. The van der Waals surface area contributed by atoms with Gasteiger partial charge in [-0.2, -0.15) is 0 Å². The number of hydrogen-bond donors (Lipinski definition) is 5. The van der Waals surface area contributed by atoms with Crippen LogP contribution in [0.5, 0.6) is 0 Å². The van der Waals surface area contributed by atoms with Gasteiger partial charge in [-0.3, -0.25) is 14.4 Å². The van der Waals surface area contributed by atoms with E-state index in [-0.39, 0.29) is 24.2 Å². The zero-order valence-electron chi connectivity index (χ0n) is 22.0. The molecule has 0 bridgehead atoms. The summed E-state index contributed by atoms with van der Waals surface area (Å²) in [6, 6.07) is 4.11. The molecule has 0 radical (unpaired) electrons. The van der Waals surface area contributed by atoms with Crippen molar-refractivity contribution in [2.45, 2.75) is 77.5 Å².